The Bertz CT molecular complexity index is 483. The Morgan fingerprint density at radius 2 is 2.24 bits per heavy atom. The van der Waals surface area contributed by atoms with E-state index in [9.17, 15) is 8.42 Å². The van der Waals surface area contributed by atoms with Gasteiger partial charge in [0.1, 0.15) is 0 Å². The molecular formula is C12H18N2O2S. The molecule has 0 saturated heterocycles. The highest BCUT2D eigenvalue weighted by atomic mass is 32.2. The van der Waals surface area contributed by atoms with Crippen LogP contribution < -0.4 is 10.5 Å². The molecule has 1 atom stereocenters. The molecular weight excluding hydrogens is 236 g/mol. The minimum atomic E-state index is -3.33. The van der Waals surface area contributed by atoms with Gasteiger partial charge in [-0.15, -0.1) is 6.58 Å². The first-order chi connectivity index (χ1) is 7.93. The van der Waals surface area contributed by atoms with E-state index >= 15 is 0 Å². The van der Waals surface area contributed by atoms with Crippen molar-refractivity contribution in [2.24, 2.45) is 0 Å². The SMILES string of the molecule is C=CCC(C)NS(=O)(=O)Cc1cccc(N)c1. The van der Waals surface area contributed by atoms with E-state index in [0.29, 0.717) is 17.7 Å². The van der Waals surface area contributed by atoms with Crippen LogP contribution in [-0.2, 0) is 15.8 Å². The lowest BCUT2D eigenvalue weighted by Gasteiger charge is -2.12. The molecule has 17 heavy (non-hydrogen) atoms. The fourth-order valence-electron chi connectivity index (χ4n) is 1.55. The summed E-state index contributed by atoms with van der Waals surface area (Å²) in [6.45, 7) is 5.38. The topological polar surface area (TPSA) is 72.2 Å². The second kappa shape index (κ2) is 5.84. The van der Waals surface area contributed by atoms with E-state index in [1.165, 1.54) is 0 Å². The highest BCUT2D eigenvalue weighted by Crippen LogP contribution is 2.10. The zero-order valence-corrected chi connectivity index (χ0v) is 10.7. The summed E-state index contributed by atoms with van der Waals surface area (Å²) in [7, 11) is -3.33. The number of hydrogen-bond donors (Lipinski definition) is 2. The number of rotatable bonds is 6. The van der Waals surface area contributed by atoms with Gasteiger partial charge in [-0.2, -0.15) is 0 Å². The summed E-state index contributed by atoms with van der Waals surface area (Å²) in [5.41, 5.74) is 6.85. The van der Waals surface area contributed by atoms with Crippen molar-refractivity contribution in [3.05, 3.63) is 42.5 Å². The number of nitrogens with one attached hydrogen (secondary N) is 1. The lowest BCUT2D eigenvalue weighted by molar-refractivity contribution is 0.561. The second-order valence-electron chi connectivity index (χ2n) is 4.05. The highest BCUT2D eigenvalue weighted by molar-refractivity contribution is 7.88. The first-order valence-corrected chi connectivity index (χ1v) is 7.03. The number of anilines is 1. The smallest absolute Gasteiger partial charge is 0.216 e. The van der Waals surface area contributed by atoms with Gasteiger partial charge in [0.25, 0.3) is 0 Å². The van der Waals surface area contributed by atoms with Crippen LogP contribution in [0.15, 0.2) is 36.9 Å². The Labute approximate surface area is 103 Å². The van der Waals surface area contributed by atoms with Gasteiger partial charge in [0.15, 0.2) is 0 Å². The van der Waals surface area contributed by atoms with Gasteiger partial charge in [-0.05, 0) is 31.0 Å². The molecule has 0 saturated carbocycles. The van der Waals surface area contributed by atoms with E-state index < -0.39 is 10.0 Å². The lowest BCUT2D eigenvalue weighted by Crippen LogP contribution is -2.33. The molecule has 1 unspecified atom stereocenters. The molecule has 4 nitrogen and oxygen atoms in total. The molecule has 0 aliphatic rings. The zero-order chi connectivity index (χ0) is 12.9. The van der Waals surface area contributed by atoms with E-state index in [-0.39, 0.29) is 11.8 Å². The van der Waals surface area contributed by atoms with Crippen molar-refractivity contribution in [1.29, 1.82) is 0 Å². The molecule has 0 bridgehead atoms. The van der Waals surface area contributed by atoms with Crippen molar-refractivity contribution in [3.63, 3.8) is 0 Å². The molecule has 5 heteroatoms. The van der Waals surface area contributed by atoms with Crippen LogP contribution in [0, 0.1) is 0 Å². The lowest BCUT2D eigenvalue weighted by atomic mass is 10.2. The third-order valence-electron chi connectivity index (χ3n) is 2.21. The molecule has 0 amide bonds. The van der Waals surface area contributed by atoms with E-state index in [4.69, 9.17) is 5.73 Å². The van der Waals surface area contributed by atoms with E-state index in [1.54, 1.807) is 37.3 Å². The van der Waals surface area contributed by atoms with Crippen LogP contribution >= 0.6 is 0 Å². The largest absolute Gasteiger partial charge is 0.399 e. The first kappa shape index (κ1) is 13.7. The first-order valence-electron chi connectivity index (χ1n) is 5.38. The molecule has 1 aromatic rings. The summed E-state index contributed by atoms with van der Waals surface area (Å²) >= 11 is 0. The summed E-state index contributed by atoms with van der Waals surface area (Å²) in [5, 5.41) is 0. The van der Waals surface area contributed by atoms with E-state index in [2.05, 4.69) is 11.3 Å². The molecule has 0 spiro atoms. The maximum atomic E-state index is 11.8. The van der Waals surface area contributed by atoms with Crippen molar-refractivity contribution >= 4 is 15.7 Å². The quantitative estimate of drug-likeness (QED) is 0.599. The van der Waals surface area contributed by atoms with Gasteiger partial charge in [0.05, 0.1) is 5.75 Å². The average molecular weight is 254 g/mol. The van der Waals surface area contributed by atoms with Gasteiger partial charge in [-0.3, -0.25) is 0 Å². The van der Waals surface area contributed by atoms with Crippen LogP contribution in [0.3, 0.4) is 0 Å². The van der Waals surface area contributed by atoms with Crippen LogP contribution in [-0.4, -0.2) is 14.5 Å². The molecule has 0 aromatic heterocycles. The summed E-state index contributed by atoms with van der Waals surface area (Å²) < 4.78 is 26.2. The predicted molar refractivity (Wildman–Crippen MR) is 70.9 cm³/mol. The molecule has 0 heterocycles. The third kappa shape index (κ3) is 5.01. The predicted octanol–water partition coefficient (Wildman–Crippen LogP) is 1.65. The van der Waals surface area contributed by atoms with Crippen LogP contribution in [0.25, 0.3) is 0 Å². The van der Waals surface area contributed by atoms with Crippen molar-refractivity contribution in [2.45, 2.75) is 25.1 Å². The van der Waals surface area contributed by atoms with Crippen molar-refractivity contribution in [1.82, 2.24) is 4.72 Å². The Morgan fingerprint density at radius 3 is 2.82 bits per heavy atom. The van der Waals surface area contributed by atoms with Gasteiger partial charge in [0.2, 0.25) is 10.0 Å². The fourth-order valence-corrected chi connectivity index (χ4v) is 2.96. The molecule has 0 aliphatic heterocycles. The maximum Gasteiger partial charge on any atom is 0.216 e. The molecule has 3 N–H and O–H groups in total. The Balaban J connectivity index is 2.70. The maximum absolute atomic E-state index is 11.8. The van der Waals surface area contributed by atoms with Crippen molar-refractivity contribution in [3.8, 4) is 0 Å². The number of benzene rings is 1. The highest BCUT2D eigenvalue weighted by Gasteiger charge is 2.14. The van der Waals surface area contributed by atoms with Crippen LogP contribution in [0.2, 0.25) is 0 Å². The van der Waals surface area contributed by atoms with Gasteiger partial charge in [0, 0.05) is 11.7 Å². The second-order valence-corrected chi connectivity index (χ2v) is 5.80. The number of hydrogen-bond acceptors (Lipinski definition) is 3. The summed E-state index contributed by atoms with van der Waals surface area (Å²) in [6, 6.07) is 6.74. The van der Waals surface area contributed by atoms with Crippen LogP contribution in [0.4, 0.5) is 5.69 Å². The number of nitrogens with two attached hydrogens (primary N) is 1. The van der Waals surface area contributed by atoms with E-state index in [0.717, 1.165) is 0 Å². The van der Waals surface area contributed by atoms with Gasteiger partial charge >= 0.3 is 0 Å². The molecule has 1 rings (SSSR count). The Hall–Kier alpha value is -1.33. The monoisotopic (exact) mass is 254 g/mol. The summed E-state index contributed by atoms with van der Waals surface area (Å²) in [4.78, 5) is 0. The van der Waals surface area contributed by atoms with Crippen LogP contribution in [0.1, 0.15) is 18.9 Å². The minimum Gasteiger partial charge on any atom is -0.399 e. The summed E-state index contributed by atoms with van der Waals surface area (Å²) in [6.07, 6.45) is 2.30. The van der Waals surface area contributed by atoms with E-state index in [1.807, 2.05) is 0 Å². The molecule has 0 radical (unpaired) electrons. The number of nitrogen functional groups attached to an aromatic ring is 1. The third-order valence-corrected chi connectivity index (χ3v) is 3.68. The summed E-state index contributed by atoms with van der Waals surface area (Å²) in [5.74, 6) is -0.0560. The van der Waals surface area contributed by atoms with Gasteiger partial charge in [-0.1, -0.05) is 18.2 Å². The molecule has 94 valence electrons. The van der Waals surface area contributed by atoms with Crippen LogP contribution in [0.5, 0.6) is 0 Å². The minimum absolute atomic E-state index is 0.0560. The fraction of sp³-hybridized carbons (Fsp3) is 0.333. The zero-order valence-electron chi connectivity index (χ0n) is 9.89. The Morgan fingerprint density at radius 1 is 1.53 bits per heavy atom. The molecule has 0 aliphatic carbocycles. The van der Waals surface area contributed by atoms with Gasteiger partial charge < -0.3 is 5.73 Å². The normalized spacial score (nSPS) is 13.2. The van der Waals surface area contributed by atoms with Crippen molar-refractivity contribution in [2.75, 3.05) is 5.73 Å². The average Bonchev–Trinajstić information content (AvgIpc) is 2.15. The van der Waals surface area contributed by atoms with Crippen molar-refractivity contribution < 1.29 is 8.42 Å². The standard InChI is InChI=1S/C12H18N2O2S/c1-3-5-10(2)14-17(15,16)9-11-6-4-7-12(13)8-11/h3-4,6-8,10,14H,1,5,9,13H2,2H3. The Kier molecular flexibility index (Phi) is 4.72. The molecule has 0 fully saturated rings. The number of sulfonamides is 1. The molecule has 1 aromatic carbocycles. The van der Waals surface area contributed by atoms with Gasteiger partial charge in [-0.25, -0.2) is 13.1 Å².